The Morgan fingerprint density at radius 1 is 1.11 bits per heavy atom. The summed E-state index contributed by atoms with van der Waals surface area (Å²) in [5, 5.41) is 7.81. The van der Waals surface area contributed by atoms with Crippen molar-refractivity contribution in [3.63, 3.8) is 0 Å². The number of aromatic nitrogens is 1. The number of hydrogen-bond donors (Lipinski definition) is 2. The van der Waals surface area contributed by atoms with Crippen molar-refractivity contribution in [3.05, 3.63) is 71.5 Å². The zero-order valence-electron chi connectivity index (χ0n) is 19.0. The topological polar surface area (TPSA) is 147 Å². The molecule has 1 unspecified atom stereocenters. The number of nitrogens with one attached hydrogen (secondary N) is 1. The lowest BCUT2D eigenvalue weighted by Crippen LogP contribution is -2.39. The van der Waals surface area contributed by atoms with Gasteiger partial charge in [0.25, 0.3) is 5.91 Å². The smallest absolute Gasteiger partial charge is 0.310 e. The number of nitrogens with two attached hydrogens (primary N) is 1. The Hall–Kier alpha value is -3.96. The van der Waals surface area contributed by atoms with Crippen LogP contribution in [0.25, 0.3) is 5.69 Å². The quantitative estimate of drug-likeness (QED) is 0.376. The third-order valence-corrected chi connectivity index (χ3v) is 6.51. The molecule has 0 fully saturated rings. The Morgan fingerprint density at radius 3 is 2.49 bits per heavy atom. The summed E-state index contributed by atoms with van der Waals surface area (Å²) in [6.45, 7) is 3.02. The number of carbonyl (C=O) groups is 3. The number of para-hydroxylation sites is 2. The number of primary sulfonamides is 1. The van der Waals surface area contributed by atoms with E-state index in [-0.39, 0.29) is 11.3 Å². The van der Waals surface area contributed by atoms with E-state index in [1.807, 2.05) is 0 Å². The van der Waals surface area contributed by atoms with Crippen molar-refractivity contribution in [2.24, 2.45) is 5.14 Å². The second-order valence-corrected chi connectivity index (χ2v) is 9.60. The van der Waals surface area contributed by atoms with Gasteiger partial charge in [0.05, 0.1) is 17.0 Å². The predicted octanol–water partition coefficient (Wildman–Crippen LogP) is 2.26. The third-order valence-electron chi connectivity index (χ3n) is 5.58. The minimum Gasteiger partial charge on any atom is -0.478 e. The van der Waals surface area contributed by atoms with Crippen LogP contribution in [0, 0.1) is 13.8 Å². The number of Topliss-reactive ketones (excluding diaryl/α,β-unsaturated/α-hetero) is 1. The highest BCUT2D eigenvalue weighted by atomic mass is 32.2. The number of ketones is 1. The Balaban J connectivity index is 1.41. The van der Waals surface area contributed by atoms with E-state index in [0.29, 0.717) is 28.4 Å². The van der Waals surface area contributed by atoms with Crippen molar-refractivity contribution in [2.45, 2.75) is 31.3 Å². The van der Waals surface area contributed by atoms with Crippen LogP contribution in [0.15, 0.2) is 59.5 Å². The van der Waals surface area contributed by atoms with Crippen molar-refractivity contribution in [2.75, 3.05) is 11.9 Å². The Bertz CT molecular complexity index is 1430. The molecule has 0 bridgehead atoms. The summed E-state index contributed by atoms with van der Waals surface area (Å²) in [6.07, 6.45) is -1.40. The monoisotopic (exact) mass is 497 g/mol. The summed E-state index contributed by atoms with van der Waals surface area (Å²) in [7, 11) is -3.82. The maximum absolute atomic E-state index is 12.8. The first-order valence-electron chi connectivity index (χ1n) is 10.6. The number of carbonyl (C=O) groups excluding carboxylic acids is 3. The molecular weight excluding hydrogens is 474 g/mol. The fraction of sp³-hybridized carbons (Fsp3) is 0.208. The Labute approximate surface area is 201 Å². The first-order valence-corrected chi connectivity index (χ1v) is 12.2. The van der Waals surface area contributed by atoms with Gasteiger partial charge in [-0.25, -0.2) is 13.6 Å². The number of aryl methyl sites for hydroxylation is 1. The van der Waals surface area contributed by atoms with Gasteiger partial charge in [0.15, 0.2) is 12.7 Å². The molecule has 0 spiro atoms. The molecule has 1 atom stereocenters. The number of benzene rings is 2. The van der Waals surface area contributed by atoms with E-state index < -0.39 is 40.4 Å². The number of fused-ring (bicyclic) bond motifs is 1. The van der Waals surface area contributed by atoms with Gasteiger partial charge < -0.3 is 19.4 Å². The number of rotatable bonds is 7. The summed E-state index contributed by atoms with van der Waals surface area (Å²) in [6, 6.07) is 14.5. The molecule has 0 radical (unpaired) electrons. The SMILES string of the molecule is Cc1cc(C(=O)COC(=O)CC2Oc3ccccc3NC2=O)c(C)n1-c1ccc(S(N)(=O)=O)cc1. The zero-order chi connectivity index (χ0) is 25.3. The normalized spacial score (nSPS) is 15.1. The fourth-order valence-electron chi connectivity index (χ4n) is 3.89. The van der Waals surface area contributed by atoms with Gasteiger partial charge in [0.2, 0.25) is 15.8 Å². The van der Waals surface area contributed by atoms with Crippen molar-refractivity contribution in [1.82, 2.24) is 4.57 Å². The van der Waals surface area contributed by atoms with Crippen LogP contribution in [0.4, 0.5) is 5.69 Å². The molecule has 10 nitrogen and oxygen atoms in total. The number of amides is 1. The summed E-state index contributed by atoms with van der Waals surface area (Å²) in [5.74, 6) is -1.18. The number of sulfonamides is 1. The van der Waals surface area contributed by atoms with E-state index in [0.717, 1.165) is 5.69 Å². The molecule has 0 saturated carbocycles. The lowest BCUT2D eigenvalue weighted by Gasteiger charge is -2.25. The summed E-state index contributed by atoms with van der Waals surface area (Å²) >= 11 is 0. The average molecular weight is 498 g/mol. The first kappa shape index (κ1) is 24.2. The molecule has 11 heteroatoms. The van der Waals surface area contributed by atoms with Crippen LogP contribution in [0.1, 0.15) is 28.2 Å². The number of hydrogen-bond acceptors (Lipinski definition) is 7. The molecule has 1 amide bonds. The molecular formula is C24H23N3O7S. The van der Waals surface area contributed by atoms with E-state index in [2.05, 4.69) is 5.32 Å². The second kappa shape index (κ2) is 9.35. The molecule has 4 rings (SSSR count). The summed E-state index contributed by atoms with van der Waals surface area (Å²) in [5.41, 5.74) is 2.84. The molecule has 35 heavy (non-hydrogen) atoms. The van der Waals surface area contributed by atoms with E-state index in [9.17, 15) is 22.8 Å². The molecule has 1 aliphatic rings. The van der Waals surface area contributed by atoms with Gasteiger partial charge in [-0.2, -0.15) is 0 Å². The molecule has 3 aromatic rings. The molecule has 0 aliphatic carbocycles. The van der Waals surface area contributed by atoms with Gasteiger partial charge in [-0.05, 0) is 56.3 Å². The molecule has 3 N–H and O–H groups in total. The van der Waals surface area contributed by atoms with Crippen LogP contribution in [0.3, 0.4) is 0 Å². The number of nitrogens with zero attached hydrogens (tertiary/aromatic N) is 1. The van der Waals surface area contributed by atoms with Crippen LogP contribution in [0.5, 0.6) is 5.75 Å². The summed E-state index contributed by atoms with van der Waals surface area (Å²) in [4.78, 5) is 37.2. The van der Waals surface area contributed by atoms with Crippen LogP contribution in [-0.2, 0) is 24.3 Å². The fourth-order valence-corrected chi connectivity index (χ4v) is 4.40. The van der Waals surface area contributed by atoms with E-state index in [4.69, 9.17) is 14.6 Å². The van der Waals surface area contributed by atoms with Crippen molar-refractivity contribution >= 4 is 33.4 Å². The third kappa shape index (κ3) is 5.10. The highest BCUT2D eigenvalue weighted by molar-refractivity contribution is 7.89. The van der Waals surface area contributed by atoms with Crippen molar-refractivity contribution in [1.29, 1.82) is 0 Å². The molecule has 182 valence electrons. The minimum absolute atomic E-state index is 0.0222. The standard InChI is InChI=1S/C24H23N3O7S/c1-14-11-18(15(2)27(14)16-7-9-17(10-8-16)35(25,31)32)20(28)13-33-23(29)12-22-24(30)26-19-5-3-4-6-21(19)34-22/h3-11,22H,12-13H2,1-2H3,(H,26,30)(H2,25,31,32). The number of ether oxygens (including phenoxy) is 2. The van der Waals surface area contributed by atoms with Gasteiger partial charge in [-0.3, -0.25) is 14.4 Å². The van der Waals surface area contributed by atoms with Crippen LogP contribution in [0.2, 0.25) is 0 Å². The minimum atomic E-state index is -3.82. The molecule has 2 heterocycles. The predicted molar refractivity (Wildman–Crippen MR) is 126 cm³/mol. The average Bonchev–Trinajstić information content (AvgIpc) is 3.11. The molecule has 1 aromatic heterocycles. The second-order valence-electron chi connectivity index (χ2n) is 8.04. The van der Waals surface area contributed by atoms with Gasteiger partial charge >= 0.3 is 5.97 Å². The highest BCUT2D eigenvalue weighted by Gasteiger charge is 2.30. The Morgan fingerprint density at radius 2 is 1.80 bits per heavy atom. The van der Waals surface area contributed by atoms with Crippen LogP contribution < -0.4 is 15.2 Å². The molecule has 2 aromatic carbocycles. The van der Waals surface area contributed by atoms with E-state index >= 15 is 0 Å². The van der Waals surface area contributed by atoms with E-state index in [1.54, 1.807) is 60.9 Å². The number of anilines is 1. The van der Waals surface area contributed by atoms with E-state index in [1.165, 1.54) is 12.1 Å². The molecule has 0 saturated heterocycles. The van der Waals surface area contributed by atoms with Crippen LogP contribution in [-0.4, -0.2) is 43.4 Å². The van der Waals surface area contributed by atoms with Crippen molar-refractivity contribution in [3.8, 4) is 11.4 Å². The van der Waals surface area contributed by atoms with Crippen LogP contribution >= 0.6 is 0 Å². The zero-order valence-corrected chi connectivity index (χ0v) is 19.8. The van der Waals surface area contributed by atoms with Gasteiger partial charge in [-0.15, -0.1) is 0 Å². The lowest BCUT2D eigenvalue weighted by atomic mass is 10.1. The number of esters is 1. The first-order chi connectivity index (χ1) is 16.5. The van der Waals surface area contributed by atoms with Crippen molar-refractivity contribution < 1.29 is 32.3 Å². The maximum Gasteiger partial charge on any atom is 0.310 e. The summed E-state index contributed by atoms with van der Waals surface area (Å²) < 4.78 is 35.5. The lowest BCUT2D eigenvalue weighted by molar-refractivity contribution is -0.146. The van der Waals surface area contributed by atoms with Gasteiger partial charge in [0, 0.05) is 22.6 Å². The molecule has 1 aliphatic heterocycles. The highest BCUT2D eigenvalue weighted by Crippen LogP contribution is 2.29. The van der Waals surface area contributed by atoms with Gasteiger partial charge in [-0.1, -0.05) is 12.1 Å². The van der Waals surface area contributed by atoms with Gasteiger partial charge in [0.1, 0.15) is 5.75 Å². The largest absolute Gasteiger partial charge is 0.478 e. The Kier molecular flexibility index (Phi) is 6.46. The maximum atomic E-state index is 12.8.